The van der Waals surface area contributed by atoms with Gasteiger partial charge in [-0.15, -0.1) is 0 Å². The Labute approximate surface area is 150 Å². The standard InChI is InChI=1S/C18H32N4O3/c1-4-16-15(17(5-2)25-22-16)13-21-18(19-3)20-9-6-10-24-14-7-11-23-12-8-14/h14H,4-13H2,1-3H3,(H2,19,20,21). The van der Waals surface area contributed by atoms with Crippen LogP contribution in [0.2, 0.25) is 0 Å². The third-order valence-corrected chi connectivity index (χ3v) is 4.40. The molecule has 0 aromatic carbocycles. The summed E-state index contributed by atoms with van der Waals surface area (Å²) < 4.78 is 16.6. The maximum Gasteiger partial charge on any atom is 0.191 e. The molecule has 1 aromatic rings. The summed E-state index contributed by atoms with van der Waals surface area (Å²) in [6.45, 7) is 8.08. The van der Waals surface area contributed by atoms with E-state index in [2.05, 4.69) is 34.6 Å². The van der Waals surface area contributed by atoms with Crippen LogP contribution in [0, 0.1) is 0 Å². The van der Waals surface area contributed by atoms with Gasteiger partial charge in [0, 0.05) is 51.9 Å². The summed E-state index contributed by atoms with van der Waals surface area (Å²) in [5, 5.41) is 10.8. The van der Waals surface area contributed by atoms with E-state index in [9.17, 15) is 0 Å². The smallest absolute Gasteiger partial charge is 0.191 e. The van der Waals surface area contributed by atoms with Gasteiger partial charge in [-0.3, -0.25) is 4.99 Å². The van der Waals surface area contributed by atoms with Crippen molar-refractivity contribution in [1.29, 1.82) is 0 Å². The maximum absolute atomic E-state index is 5.88. The van der Waals surface area contributed by atoms with Crippen LogP contribution >= 0.6 is 0 Å². The molecule has 1 aliphatic heterocycles. The zero-order valence-corrected chi connectivity index (χ0v) is 15.8. The van der Waals surface area contributed by atoms with Gasteiger partial charge in [0.05, 0.1) is 11.8 Å². The zero-order chi connectivity index (χ0) is 17.9. The molecule has 0 saturated carbocycles. The fourth-order valence-electron chi connectivity index (χ4n) is 2.90. The van der Waals surface area contributed by atoms with Crippen LogP contribution in [0.25, 0.3) is 0 Å². The van der Waals surface area contributed by atoms with Crippen LogP contribution in [-0.2, 0) is 28.9 Å². The molecule has 0 radical (unpaired) electrons. The van der Waals surface area contributed by atoms with E-state index in [0.717, 1.165) is 81.4 Å². The first-order chi connectivity index (χ1) is 12.3. The topological polar surface area (TPSA) is 80.9 Å². The van der Waals surface area contributed by atoms with Crippen molar-refractivity contribution in [1.82, 2.24) is 15.8 Å². The van der Waals surface area contributed by atoms with Crippen molar-refractivity contribution in [3.63, 3.8) is 0 Å². The molecule has 2 rings (SSSR count). The minimum atomic E-state index is 0.361. The summed E-state index contributed by atoms with van der Waals surface area (Å²) in [6.07, 6.45) is 5.05. The predicted molar refractivity (Wildman–Crippen MR) is 97.9 cm³/mol. The molecule has 1 aromatic heterocycles. The lowest BCUT2D eigenvalue weighted by molar-refractivity contribution is -0.0320. The van der Waals surface area contributed by atoms with E-state index in [0.29, 0.717) is 12.6 Å². The van der Waals surface area contributed by atoms with Crippen LogP contribution in [0.15, 0.2) is 9.52 Å². The number of aliphatic imine (C=N–C) groups is 1. The number of hydrogen-bond donors (Lipinski definition) is 2. The van der Waals surface area contributed by atoms with Crippen LogP contribution in [-0.4, -0.2) is 50.6 Å². The number of aromatic nitrogens is 1. The van der Waals surface area contributed by atoms with Crippen molar-refractivity contribution in [2.45, 2.75) is 58.6 Å². The molecule has 1 fully saturated rings. The third kappa shape index (κ3) is 6.32. The molecule has 0 atom stereocenters. The van der Waals surface area contributed by atoms with Crippen molar-refractivity contribution in [3.05, 3.63) is 17.0 Å². The van der Waals surface area contributed by atoms with E-state index < -0.39 is 0 Å². The van der Waals surface area contributed by atoms with E-state index in [4.69, 9.17) is 14.0 Å². The lowest BCUT2D eigenvalue weighted by atomic mass is 10.1. The van der Waals surface area contributed by atoms with Crippen molar-refractivity contribution in [3.8, 4) is 0 Å². The van der Waals surface area contributed by atoms with Gasteiger partial charge in [-0.1, -0.05) is 19.0 Å². The summed E-state index contributed by atoms with van der Waals surface area (Å²) in [5.74, 6) is 1.74. The lowest BCUT2D eigenvalue weighted by Gasteiger charge is -2.22. The van der Waals surface area contributed by atoms with Crippen LogP contribution in [0.4, 0.5) is 0 Å². The van der Waals surface area contributed by atoms with E-state index in [1.54, 1.807) is 7.05 Å². The van der Waals surface area contributed by atoms with Gasteiger partial charge in [0.25, 0.3) is 0 Å². The first kappa shape index (κ1) is 19.7. The minimum absolute atomic E-state index is 0.361. The van der Waals surface area contributed by atoms with Crippen LogP contribution in [0.3, 0.4) is 0 Å². The SMILES string of the molecule is CCc1noc(CC)c1CNC(=NC)NCCCOC1CCOCC1. The van der Waals surface area contributed by atoms with E-state index in [1.165, 1.54) is 0 Å². The molecule has 2 N–H and O–H groups in total. The van der Waals surface area contributed by atoms with Gasteiger partial charge in [-0.2, -0.15) is 0 Å². The molecular formula is C18H32N4O3. The summed E-state index contributed by atoms with van der Waals surface area (Å²) >= 11 is 0. The largest absolute Gasteiger partial charge is 0.381 e. The van der Waals surface area contributed by atoms with Crippen LogP contribution in [0.1, 0.15) is 50.1 Å². The molecule has 1 saturated heterocycles. The summed E-state index contributed by atoms with van der Waals surface area (Å²) in [7, 11) is 1.78. The highest BCUT2D eigenvalue weighted by Gasteiger charge is 2.14. The van der Waals surface area contributed by atoms with Crippen molar-refractivity contribution in [2.24, 2.45) is 4.99 Å². The lowest BCUT2D eigenvalue weighted by Crippen LogP contribution is -2.38. The Balaban J connectivity index is 1.66. The predicted octanol–water partition coefficient (Wildman–Crippen LogP) is 2.05. The van der Waals surface area contributed by atoms with Crippen LogP contribution in [0.5, 0.6) is 0 Å². The highest BCUT2D eigenvalue weighted by Crippen LogP contribution is 2.15. The molecule has 1 aliphatic rings. The summed E-state index contributed by atoms with van der Waals surface area (Å²) in [6, 6.07) is 0. The molecule has 142 valence electrons. The number of aryl methyl sites for hydroxylation is 2. The molecule has 2 heterocycles. The fourth-order valence-corrected chi connectivity index (χ4v) is 2.90. The Kier molecular flexibility index (Phi) is 8.76. The molecule has 0 amide bonds. The second-order valence-corrected chi connectivity index (χ2v) is 6.13. The van der Waals surface area contributed by atoms with Gasteiger partial charge < -0.3 is 24.6 Å². The molecule has 0 unspecified atom stereocenters. The molecule has 0 spiro atoms. The van der Waals surface area contributed by atoms with Crippen molar-refractivity contribution in [2.75, 3.05) is 33.4 Å². The Morgan fingerprint density at radius 3 is 2.72 bits per heavy atom. The molecule has 0 bridgehead atoms. The highest BCUT2D eigenvalue weighted by molar-refractivity contribution is 5.79. The Morgan fingerprint density at radius 1 is 1.24 bits per heavy atom. The quantitative estimate of drug-likeness (QED) is 0.402. The number of rotatable bonds is 9. The maximum atomic E-state index is 5.88. The summed E-state index contributed by atoms with van der Waals surface area (Å²) in [4.78, 5) is 4.27. The van der Waals surface area contributed by atoms with Gasteiger partial charge in [-0.25, -0.2) is 0 Å². The number of nitrogens with one attached hydrogen (secondary N) is 2. The first-order valence-electron chi connectivity index (χ1n) is 9.38. The molecular weight excluding hydrogens is 320 g/mol. The number of hydrogen-bond acceptors (Lipinski definition) is 5. The molecule has 7 heteroatoms. The molecule has 25 heavy (non-hydrogen) atoms. The van der Waals surface area contributed by atoms with Gasteiger partial charge >= 0.3 is 0 Å². The Morgan fingerprint density at radius 2 is 2.04 bits per heavy atom. The van der Waals surface area contributed by atoms with E-state index in [-0.39, 0.29) is 0 Å². The summed E-state index contributed by atoms with van der Waals surface area (Å²) in [5.41, 5.74) is 2.17. The third-order valence-electron chi connectivity index (χ3n) is 4.40. The second-order valence-electron chi connectivity index (χ2n) is 6.13. The van der Waals surface area contributed by atoms with Gasteiger partial charge in [0.15, 0.2) is 5.96 Å². The second kappa shape index (κ2) is 11.1. The number of ether oxygens (including phenoxy) is 2. The van der Waals surface area contributed by atoms with E-state index >= 15 is 0 Å². The van der Waals surface area contributed by atoms with Gasteiger partial charge in [0.1, 0.15) is 5.76 Å². The number of nitrogens with zero attached hydrogens (tertiary/aromatic N) is 2. The zero-order valence-electron chi connectivity index (χ0n) is 15.8. The monoisotopic (exact) mass is 352 g/mol. The first-order valence-corrected chi connectivity index (χ1v) is 9.38. The average Bonchev–Trinajstić information content (AvgIpc) is 3.06. The highest BCUT2D eigenvalue weighted by atomic mass is 16.5. The number of guanidine groups is 1. The normalized spacial score (nSPS) is 16.2. The van der Waals surface area contributed by atoms with E-state index in [1.807, 2.05) is 0 Å². The average molecular weight is 352 g/mol. The Bertz CT molecular complexity index is 503. The van der Waals surface area contributed by atoms with Crippen molar-refractivity contribution >= 4 is 5.96 Å². The Hall–Kier alpha value is -1.60. The van der Waals surface area contributed by atoms with Crippen LogP contribution < -0.4 is 10.6 Å². The minimum Gasteiger partial charge on any atom is -0.381 e. The fraction of sp³-hybridized carbons (Fsp3) is 0.778. The molecule has 0 aliphatic carbocycles. The van der Waals surface area contributed by atoms with Crippen molar-refractivity contribution < 1.29 is 14.0 Å². The van der Waals surface area contributed by atoms with Gasteiger partial charge in [0.2, 0.25) is 0 Å². The molecule has 7 nitrogen and oxygen atoms in total. The van der Waals surface area contributed by atoms with Gasteiger partial charge in [-0.05, 0) is 25.7 Å².